The Labute approximate surface area is 141 Å². The third-order valence-corrected chi connectivity index (χ3v) is 3.70. The lowest BCUT2D eigenvalue weighted by Crippen LogP contribution is -2.44. The molecule has 0 unspecified atom stereocenters. The van der Waals surface area contributed by atoms with Gasteiger partial charge < -0.3 is 20.1 Å². The van der Waals surface area contributed by atoms with Gasteiger partial charge in [0.1, 0.15) is 11.8 Å². The lowest BCUT2D eigenvalue weighted by molar-refractivity contribution is -0.147. The van der Waals surface area contributed by atoms with E-state index < -0.39 is 6.04 Å². The highest BCUT2D eigenvalue weighted by Crippen LogP contribution is 2.14. The first-order valence-electron chi connectivity index (χ1n) is 7.43. The number of benzene rings is 1. The summed E-state index contributed by atoms with van der Waals surface area (Å²) >= 11 is 1.62. The second kappa shape index (κ2) is 10.8. The van der Waals surface area contributed by atoms with E-state index in [0.717, 1.165) is 17.2 Å². The van der Waals surface area contributed by atoms with Gasteiger partial charge in [0, 0.05) is 5.69 Å². The fourth-order valence-corrected chi connectivity index (χ4v) is 2.34. The minimum Gasteiger partial charge on any atom is -0.497 e. The van der Waals surface area contributed by atoms with Crippen molar-refractivity contribution in [2.24, 2.45) is 0 Å². The number of thioether (sulfide) groups is 1. The molecule has 23 heavy (non-hydrogen) atoms. The van der Waals surface area contributed by atoms with E-state index in [1.54, 1.807) is 37.9 Å². The maximum atomic E-state index is 12.0. The molecule has 0 fully saturated rings. The number of hydrogen-bond donors (Lipinski definition) is 2. The predicted octanol–water partition coefficient (Wildman–Crippen LogP) is 1.91. The third kappa shape index (κ3) is 7.27. The quantitative estimate of drug-likeness (QED) is 0.634. The van der Waals surface area contributed by atoms with Gasteiger partial charge >= 0.3 is 5.97 Å². The molecule has 0 heterocycles. The van der Waals surface area contributed by atoms with Crippen LogP contribution in [0.3, 0.4) is 0 Å². The Morgan fingerprint density at radius 1 is 1.26 bits per heavy atom. The zero-order valence-electron chi connectivity index (χ0n) is 13.8. The molecule has 0 bridgehead atoms. The third-order valence-electron chi connectivity index (χ3n) is 3.06. The molecule has 0 saturated carbocycles. The smallest absolute Gasteiger partial charge is 0.328 e. The molecule has 0 aliphatic carbocycles. The molecule has 0 aliphatic heterocycles. The first kappa shape index (κ1) is 19.2. The van der Waals surface area contributed by atoms with Gasteiger partial charge in [-0.15, -0.1) is 0 Å². The van der Waals surface area contributed by atoms with Crippen molar-refractivity contribution >= 4 is 29.3 Å². The maximum absolute atomic E-state index is 12.0. The maximum Gasteiger partial charge on any atom is 0.328 e. The van der Waals surface area contributed by atoms with Crippen molar-refractivity contribution in [1.82, 2.24) is 5.32 Å². The van der Waals surface area contributed by atoms with E-state index in [1.165, 1.54) is 0 Å². The van der Waals surface area contributed by atoms with Crippen LogP contribution in [-0.4, -0.2) is 50.2 Å². The summed E-state index contributed by atoms with van der Waals surface area (Å²) in [5.74, 6) is 0.883. The fourth-order valence-electron chi connectivity index (χ4n) is 1.86. The van der Waals surface area contributed by atoms with E-state index in [-0.39, 0.29) is 18.4 Å². The van der Waals surface area contributed by atoms with Gasteiger partial charge in [-0.05, 0) is 49.6 Å². The monoisotopic (exact) mass is 340 g/mol. The average molecular weight is 340 g/mol. The number of nitrogens with one attached hydrogen (secondary N) is 2. The average Bonchev–Trinajstić information content (AvgIpc) is 2.57. The number of hydrogen-bond acceptors (Lipinski definition) is 6. The molecule has 2 N–H and O–H groups in total. The van der Waals surface area contributed by atoms with E-state index in [2.05, 4.69) is 10.6 Å². The Hall–Kier alpha value is -1.89. The highest BCUT2D eigenvalue weighted by molar-refractivity contribution is 7.98. The van der Waals surface area contributed by atoms with Crippen molar-refractivity contribution in [2.75, 3.05) is 37.6 Å². The van der Waals surface area contributed by atoms with Crippen LogP contribution in [0.4, 0.5) is 5.69 Å². The summed E-state index contributed by atoms with van der Waals surface area (Å²) in [7, 11) is 1.60. The van der Waals surface area contributed by atoms with E-state index in [0.29, 0.717) is 13.0 Å². The Morgan fingerprint density at radius 2 is 1.96 bits per heavy atom. The van der Waals surface area contributed by atoms with Gasteiger partial charge in [-0.3, -0.25) is 4.79 Å². The minimum absolute atomic E-state index is 0.0848. The lowest BCUT2D eigenvalue weighted by atomic mass is 10.2. The number of anilines is 1. The fraction of sp³-hybridized carbons (Fsp3) is 0.500. The normalized spacial score (nSPS) is 11.4. The Morgan fingerprint density at radius 3 is 2.52 bits per heavy atom. The molecular formula is C16H24N2O4S. The molecule has 0 spiro atoms. The molecule has 0 radical (unpaired) electrons. The number of esters is 1. The zero-order valence-corrected chi connectivity index (χ0v) is 14.6. The molecule has 0 aliphatic rings. The van der Waals surface area contributed by atoms with Crippen molar-refractivity contribution in [2.45, 2.75) is 19.4 Å². The first-order chi connectivity index (χ1) is 11.1. The number of carbonyl (C=O) groups is 2. The van der Waals surface area contributed by atoms with Gasteiger partial charge in [0.2, 0.25) is 5.91 Å². The van der Waals surface area contributed by atoms with Gasteiger partial charge in [-0.25, -0.2) is 4.79 Å². The van der Waals surface area contributed by atoms with Crippen LogP contribution in [0.15, 0.2) is 24.3 Å². The number of ether oxygens (including phenoxy) is 2. The van der Waals surface area contributed by atoms with Gasteiger partial charge in [-0.2, -0.15) is 11.8 Å². The van der Waals surface area contributed by atoms with Crippen LogP contribution in [-0.2, 0) is 14.3 Å². The van der Waals surface area contributed by atoms with Crippen LogP contribution in [0.5, 0.6) is 5.75 Å². The molecule has 7 heteroatoms. The standard InChI is InChI=1S/C16H24N2O4S/c1-4-22-16(20)14(9-10-23-3)18-15(19)11-17-12-5-7-13(21-2)8-6-12/h5-8,14,17H,4,9-11H2,1-3H3,(H,18,19)/t14-/m0/s1. The van der Waals surface area contributed by atoms with E-state index in [1.807, 2.05) is 18.4 Å². The lowest BCUT2D eigenvalue weighted by Gasteiger charge is -2.17. The number of amides is 1. The molecule has 6 nitrogen and oxygen atoms in total. The Kier molecular flexibility index (Phi) is 8.97. The Bertz CT molecular complexity index is 493. The second-order valence-electron chi connectivity index (χ2n) is 4.74. The van der Waals surface area contributed by atoms with Gasteiger partial charge in [0.05, 0.1) is 20.3 Å². The van der Waals surface area contributed by atoms with E-state index in [9.17, 15) is 9.59 Å². The summed E-state index contributed by atoms with van der Waals surface area (Å²) < 4.78 is 10.1. The number of carbonyl (C=O) groups excluding carboxylic acids is 2. The highest BCUT2D eigenvalue weighted by atomic mass is 32.2. The molecule has 1 amide bonds. The van der Waals surface area contributed by atoms with Crippen LogP contribution >= 0.6 is 11.8 Å². The molecule has 1 aromatic carbocycles. The molecule has 0 aromatic heterocycles. The van der Waals surface area contributed by atoms with Gasteiger partial charge in [-0.1, -0.05) is 0 Å². The molecule has 1 aromatic rings. The predicted molar refractivity (Wildman–Crippen MR) is 93.0 cm³/mol. The summed E-state index contributed by atoms with van der Waals surface area (Å²) in [6.45, 7) is 2.13. The van der Waals surface area contributed by atoms with E-state index in [4.69, 9.17) is 9.47 Å². The van der Waals surface area contributed by atoms with Crippen molar-refractivity contribution in [3.63, 3.8) is 0 Å². The van der Waals surface area contributed by atoms with Crippen LogP contribution in [0, 0.1) is 0 Å². The number of rotatable bonds is 10. The summed E-state index contributed by atoms with van der Waals surface area (Å²) in [5.41, 5.74) is 0.803. The summed E-state index contributed by atoms with van der Waals surface area (Å²) in [6.07, 6.45) is 2.50. The van der Waals surface area contributed by atoms with Crippen molar-refractivity contribution < 1.29 is 19.1 Å². The van der Waals surface area contributed by atoms with Crippen LogP contribution in [0.2, 0.25) is 0 Å². The van der Waals surface area contributed by atoms with Gasteiger partial charge in [0.15, 0.2) is 0 Å². The van der Waals surface area contributed by atoms with Crippen LogP contribution in [0.1, 0.15) is 13.3 Å². The van der Waals surface area contributed by atoms with Crippen LogP contribution < -0.4 is 15.4 Å². The van der Waals surface area contributed by atoms with Crippen molar-refractivity contribution in [3.8, 4) is 5.75 Å². The molecule has 1 atom stereocenters. The SMILES string of the molecule is CCOC(=O)[C@H](CCSC)NC(=O)CNc1ccc(OC)cc1. The minimum atomic E-state index is -0.604. The highest BCUT2D eigenvalue weighted by Gasteiger charge is 2.21. The molecule has 128 valence electrons. The second-order valence-corrected chi connectivity index (χ2v) is 5.72. The summed E-state index contributed by atoms with van der Waals surface area (Å²) in [5, 5.41) is 5.72. The van der Waals surface area contributed by atoms with Crippen molar-refractivity contribution in [3.05, 3.63) is 24.3 Å². The number of methoxy groups -OCH3 is 1. The first-order valence-corrected chi connectivity index (χ1v) is 8.83. The topological polar surface area (TPSA) is 76.7 Å². The summed E-state index contributed by atoms with van der Waals surface area (Å²) in [4.78, 5) is 23.9. The molecule has 0 saturated heterocycles. The van der Waals surface area contributed by atoms with E-state index >= 15 is 0 Å². The van der Waals surface area contributed by atoms with Crippen molar-refractivity contribution in [1.29, 1.82) is 0 Å². The molecular weight excluding hydrogens is 316 g/mol. The van der Waals surface area contributed by atoms with Gasteiger partial charge in [0.25, 0.3) is 0 Å². The van der Waals surface area contributed by atoms with Crippen LogP contribution in [0.25, 0.3) is 0 Å². The summed E-state index contributed by atoms with van der Waals surface area (Å²) in [6, 6.07) is 6.65. The largest absolute Gasteiger partial charge is 0.497 e. The molecule has 1 rings (SSSR count). The Balaban J connectivity index is 2.48. The zero-order chi connectivity index (χ0) is 17.1.